The molecule has 15 heavy (non-hydrogen) atoms. The first-order chi connectivity index (χ1) is 7.15. The van der Waals surface area contributed by atoms with E-state index in [9.17, 15) is 0 Å². The fourth-order valence-corrected chi connectivity index (χ4v) is 3.09. The molecule has 2 unspecified atom stereocenters. The van der Waals surface area contributed by atoms with Gasteiger partial charge in [0.05, 0.1) is 5.02 Å². The third-order valence-corrected chi connectivity index (χ3v) is 4.13. The van der Waals surface area contributed by atoms with Crippen LogP contribution in [-0.4, -0.2) is 12.6 Å². The summed E-state index contributed by atoms with van der Waals surface area (Å²) in [4.78, 5) is 1.32. The van der Waals surface area contributed by atoms with E-state index < -0.39 is 0 Å². The molecule has 0 amide bonds. The minimum absolute atomic E-state index is 0.553. The van der Waals surface area contributed by atoms with Crippen LogP contribution in [0.15, 0.2) is 11.4 Å². The molecule has 1 heterocycles. The van der Waals surface area contributed by atoms with E-state index in [4.69, 9.17) is 11.6 Å². The number of hydrogen-bond acceptors (Lipinski definition) is 2. The van der Waals surface area contributed by atoms with Crippen LogP contribution in [0.5, 0.6) is 0 Å². The van der Waals surface area contributed by atoms with Gasteiger partial charge in [-0.15, -0.1) is 11.3 Å². The third-order valence-electron chi connectivity index (χ3n) is 2.54. The Balaban J connectivity index is 2.42. The Morgan fingerprint density at radius 1 is 1.47 bits per heavy atom. The molecule has 0 bridgehead atoms. The van der Waals surface area contributed by atoms with Crippen LogP contribution in [0.25, 0.3) is 0 Å². The Morgan fingerprint density at radius 3 is 2.73 bits per heavy atom. The fourth-order valence-electron chi connectivity index (χ4n) is 1.77. The van der Waals surface area contributed by atoms with Gasteiger partial charge < -0.3 is 5.32 Å². The van der Waals surface area contributed by atoms with Gasteiger partial charge in [0.15, 0.2) is 0 Å². The zero-order valence-electron chi connectivity index (χ0n) is 9.72. The Kier molecular flexibility index (Phi) is 5.65. The molecule has 86 valence electrons. The molecule has 0 aliphatic rings. The molecule has 0 saturated heterocycles. The topological polar surface area (TPSA) is 12.0 Å². The van der Waals surface area contributed by atoms with Gasteiger partial charge in [-0.25, -0.2) is 0 Å². The van der Waals surface area contributed by atoms with E-state index in [-0.39, 0.29) is 0 Å². The fraction of sp³-hybridized carbons (Fsp3) is 0.667. The second kappa shape index (κ2) is 6.51. The highest BCUT2D eigenvalue weighted by molar-refractivity contribution is 7.10. The summed E-state index contributed by atoms with van der Waals surface area (Å²) in [6, 6.07) is 2.56. The highest BCUT2D eigenvalue weighted by atomic mass is 35.5. The van der Waals surface area contributed by atoms with Crippen LogP contribution in [-0.2, 0) is 0 Å². The summed E-state index contributed by atoms with van der Waals surface area (Å²) in [6.07, 6.45) is 2.35. The van der Waals surface area contributed by atoms with E-state index >= 15 is 0 Å². The second-order valence-corrected chi connectivity index (χ2v) is 5.48. The summed E-state index contributed by atoms with van der Waals surface area (Å²) >= 11 is 7.88. The van der Waals surface area contributed by atoms with Gasteiger partial charge in [-0.3, -0.25) is 0 Å². The van der Waals surface area contributed by atoms with Crippen molar-refractivity contribution in [1.29, 1.82) is 0 Å². The standard InChI is InChI=1S/C12H20ClNS/c1-4-6-14-10(3)8-9(2)12-11(13)5-7-15-12/h5,7,9-10,14H,4,6,8H2,1-3H3. The van der Waals surface area contributed by atoms with Crippen molar-refractivity contribution in [2.75, 3.05) is 6.54 Å². The molecule has 1 N–H and O–H groups in total. The van der Waals surface area contributed by atoms with Crippen LogP contribution in [0.2, 0.25) is 5.02 Å². The highest BCUT2D eigenvalue weighted by Crippen LogP contribution is 2.32. The third kappa shape index (κ3) is 4.13. The Labute approximate surface area is 102 Å². The zero-order chi connectivity index (χ0) is 11.3. The molecule has 0 aliphatic heterocycles. The first-order valence-corrected chi connectivity index (χ1v) is 6.87. The first-order valence-electron chi connectivity index (χ1n) is 5.61. The van der Waals surface area contributed by atoms with E-state index in [0.717, 1.165) is 18.0 Å². The van der Waals surface area contributed by atoms with Crippen molar-refractivity contribution < 1.29 is 0 Å². The van der Waals surface area contributed by atoms with E-state index in [2.05, 4.69) is 31.5 Å². The van der Waals surface area contributed by atoms with Crippen molar-refractivity contribution in [3.8, 4) is 0 Å². The van der Waals surface area contributed by atoms with Gasteiger partial charge in [0.2, 0.25) is 0 Å². The lowest BCUT2D eigenvalue weighted by atomic mass is 10.0. The molecule has 1 aromatic rings. The Hall–Kier alpha value is -0.0500. The van der Waals surface area contributed by atoms with E-state index in [1.807, 2.05) is 6.07 Å². The predicted octanol–water partition coefficient (Wildman–Crippen LogP) is 4.28. The molecule has 0 fully saturated rings. The van der Waals surface area contributed by atoms with Crippen LogP contribution in [0.1, 0.15) is 44.4 Å². The molecule has 2 atom stereocenters. The normalized spacial score (nSPS) is 15.2. The maximum atomic E-state index is 6.11. The van der Waals surface area contributed by atoms with Gasteiger partial charge in [-0.2, -0.15) is 0 Å². The molecule has 1 nitrogen and oxygen atoms in total. The van der Waals surface area contributed by atoms with Gasteiger partial charge in [0.25, 0.3) is 0 Å². The van der Waals surface area contributed by atoms with Gasteiger partial charge in [0.1, 0.15) is 0 Å². The van der Waals surface area contributed by atoms with Gasteiger partial charge in [0, 0.05) is 10.9 Å². The summed E-state index contributed by atoms with van der Waals surface area (Å²) in [5.41, 5.74) is 0. The average Bonchev–Trinajstić information content (AvgIpc) is 2.61. The molecule has 0 radical (unpaired) electrons. The van der Waals surface area contributed by atoms with Crippen LogP contribution in [0.3, 0.4) is 0 Å². The molecular weight excluding hydrogens is 226 g/mol. The van der Waals surface area contributed by atoms with Gasteiger partial charge in [-0.1, -0.05) is 25.4 Å². The number of halogens is 1. The monoisotopic (exact) mass is 245 g/mol. The summed E-state index contributed by atoms with van der Waals surface area (Å²) in [5, 5.41) is 6.50. The minimum Gasteiger partial charge on any atom is -0.314 e. The predicted molar refractivity (Wildman–Crippen MR) is 70.1 cm³/mol. The van der Waals surface area contributed by atoms with Crippen LogP contribution in [0, 0.1) is 0 Å². The van der Waals surface area contributed by atoms with Crippen LogP contribution >= 0.6 is 22.9 Å². The van der Waals surface area contributed by atoms with E-state index in [0.29, 0.717) is 12.0 Å². The SMILES string of the molecule is CCCNC(C)CC(C)c1sccc1Cl. The van der Waals surface area contributed by atoms with Crippen molar-refractivity contribution in [3.05, 3.63) is 21.3 Å². The smallest absolute Gasteiger partial charge is 0.0547 e. The molecule has 0 aliphatic carbocycles. The van der Waals surface area contributed by atoms with Crippen LogP contribution in [0.4, 0.5) is 0 Å². The van der Waals surface area contributed by atoms with Crippen LogP contribution < -0.4 is 5.32 Å². The lowest BCUT2D eigenvalue weighted by Gasteiger charge is -2.17. The number of hydrogen-bond donors (Lipinski definition) is 1. The Morgan fingerprint density at radius 2 is 2.20 bits per heavy atom. The first kappa shape index (κ1) is 13.0. The number of nitrogens with one attached hydrogen (secondary N) is 1. The van der Waals surface area contributed by atoms with E-state index in [1.54, 1.807) is 11.3 Å². The maximum absolute atomic E-state index is 6.11. The lowest BCUT2D eigenvalue weighted by Crippen LogP contribution is -2.27. The number of thiophene rings is 1. The molecule has 3 heteroatoms. The summed E-state index contributed by atoms with van der Waals surface area (Å²) in [5.74, 6) is 0.553. The van der Waals surface area contributed by atoms with Gasteiger partial charge in [-0.05, 0) is 43.7 Å². The second-order valence-electron chi connectivity index (χ2n) is 4.12. The summed E-state index contributed by atoms with van der Waals surface area (Å²) in [7, 11) is 0. The average molecular weight is 246 g/mol. The lowest BCUT2D eigenvalue weighted by molar-refractivity contribution is 0.482. The largest absolute Gasteiger partial charge is 0.314 e. The van der Waals surface area contributed by atoms with Crippen molar-refractivity contribution >= 4 is 22.9 Å². The van der Waals surface area contributed by atoms with E-state index in [1.165, 1.54) is 11.3 Å². The molecular formula is C12H20ClNS. The quantitative estimate of drug-likeness (QED) is 0.789. The molecule has 0 aromatic carbocycles. The van der Waals surface area contributed by atoms with Crippen molar-refractivity contribution in [1.82, 2.24) is 5.32 Å². The minimum atomic E-state index is 0.553. The van der Waals surface area contributed by atoms with Crippen molar-refractivity contribution in [2.24, 2.45) is 0 Å². The molecule has 0 saturated carbocycles. The number of rotatable bonds is 6. The van der Waals surface area contributed by atoms with Crippen molar-refractivity contribution in [3.63, 3.8) is 0 Å². The molecule has 1 aromatic heterocycles. The summed E-state index contributed by atoms with van der Waals surface area (Å²) < 4.78 is 0. The molecule has 1 rings (SSSR count). The van der Waals surface area contributed by atoms with Gasteiger partial charge >= 0.3 is 0 Å². The summed E-state index contributed by atoms with van der Waals surface area (Å²) in [6.45, 7) is 7.79. The highest BCUT2D eigenvalue weighted by Gasteiger charge is 2.14. The maximum Gasteiger partial charge on any atom is 0.0547 e. The Bertz CT molecular complexity index is 285. The zero-order valence-corrected chi connectivity index (χ0v) is 11.3. The van der Waals surface area contributed by atoms with Crippen molar-refractivity contribution in [2.45, 2.75) is 45.6 Å². The molecule has 0 spiro atoms.